The summed E-state index contributed by atoms with van der Waals surface area (Å²) in [5.41, 5.74) is 2.76. The Balaban J connectivity index is 2.49. The van der Waals surface area contributed by atoms with Gasteiger partial charge in [-0.1, -0.05) is 26.8 Å². The van der Waals surface area contributed by atoms with Crippen molar-refractivity contribution in [3.05, 3.63) is 29.3 Å². The van der Waals surface area contributed by atoms with Crippen molar-refractivity contribution in [1.82, 2.24) is 5.32 Å². The summed E-state index contributed by atoms with van der Waals surface area (Å²) in [5, 5.41) is 4.09. The first-order chi connectivity index (χ1) is 7.49. The SMILES string of the molecule is Cc1ccc(SC(C)CNC(C)C)cc1C. The van der Waals surface area contributed by atoms with E-state index in [9.17, 15) is 0 Å². The molecule has 0 amide bonds. The zero-order valence-electron chi connectivity index (χ0n) is 11.0. The summed E-state index contributed by atoms with van der Waals surface area (Å²) in [5.74, 6) is 0. The molecule has 0 spiro atoms. The van der Waals surface area contributed by atoms with Gasteiger partial charge in [-0.3, -0.25) is 0 Å². The van der Waals surface area contributed by atoms with Crippen molar-refractivity contribution in [2.45, 2.75) is 50.8 Å². The average molecular weight is 237 g/mol. The van der Waals surface area contributed by atoms with E-state index in [1.165, 1.54) is 16.0 Å². The molecule has 90 valence electrons. The summed E-state index contributed by atoms with van der Waals surface area (Å²) < 4.78 is 0. The first-order valence-electron chi connectivity index (χ1n) is 5.96. The molecule has 0 fully saturated rings. The third-order valence-electron chi connectivity index (χ3n) is 2.63. The van der Waals surface area contributed by atoms with Crippen LogP contribution in [0.15, 0.2) is 23.1 Å². The largest absolute Gasteiger partial charge is 0.313 e. The maximum atomic E-state index is 3.47. The molecule has 0 heterocycles. The fourth-order valence-corrected chi connectivity index (χ4v) is 2.50. The van der Waals surface area contributed by atoms with Gasteiger partial charge in [0.15, 0.2) is 0 Å². The molecule has 0 aromatic heterocycles. The van der Waals surface area contributed by atoms with Gasteiger partial charge in [-0.25, -0.2) is 0 Å². The van der Waals surface area contributed by atoms with Crippen LogP contribution in [0.5, 0.6) is 0 Å². The van der Waals surface area contributed by atoms with Crippen molar-refractivity contribution >= 4 is 11.8 Å². The van der Waals surface area contributed by atoms with Crippen LogP contribution in [-0.2, 0) is 0 Å². The molecular formula is C14H23NS. The summed E-state index contributed by atoms with van der Waals surface area (Å²) in [6.07, 6.45) is 0. The minimum atomic E-state index is 0.572. The first-order valence-corrected chi connectivity index (χ1v) is 6.84. The highest BCUT2D eigenvalue weighted by Crippen LogP contribution is 2.24. The maximum Gasteiger partial charge on any atom is 0.0191 e. The second-order valence-corrected chi connectivity index (χ2v) is 6.25. The third kappa shape index (κ3) is 4.58. The normalized spacial score (nSPS) is 13.1. The van der Waals surface area contributed by atoms with E-state index in [0.29, 0.717) is 11.3 Å². The molecule has 0 saturated carbocycles. The molecule has 1 N–H and O–H groups in total. The predicted octanol–water partition coefficient (Wildman–Crippen LogP) is 3.78. The van der Waals surface area contributed by atoms with E-state index in [2.05, 4.69) is 58.1 Å². The van der Waals surface area contributed by atoms with E-state index in [0.717, 1.165) is 6.54 Å². The van der Waals surface area contributed by atoms with Gasteiger partial charge in [0.25, 0.3) is 0 Å². The lowest BCUT2D eigenvalue weighted by molar-refractivity contribution is 0.589. The van der Waals surface area contributed by atoms with Gasteiger partial charge in [0.2, 0.25) is 0 Å². The lowest BCUT2D eigenvalue weighted by atomic mass is 10.1. The van der Waals surface area contributed by atoms with Gasteiger partial charge in [0, 0.05) is 22.7 Å². The first kappa shape index (κ1) is 13.6. The Morgan fingerprint density at radius 3 is 2.38 bits per heavy atom. The van der Waals surface area contributed by atoms with Crippen molar-refractivity contribution in [3.8, 4) is 0 Å². The fraction of sp³-hybridized carbons (Fsp3) is 0.571. The molecule has 1 nitrogen and oxygen atoms in total. The lowest BCUT2D eigenvalue weighted by Crippen LogP contribution is -2.28. The molecule has 0 radical (unpaired) electrons. The second-order valence-electron chi connectivity index (χ2n) is 4.74. The minimum Gasteiger partial charge on any atom is -0.313 e. The Bertz CT molecular complexity index is 334. The molecule has 0 bridgehead atoms. The zero-order chi connectivity index (χ0) is 12.1. The maximum absolute atomic E-state index is 3.47. The number of nitrogens with one attached hydrogen (secondary N) is 1. The molecule has 1 aromatic carbocycles. The van der Waals surface area contributed by atoms with Crippen LogP contribution >= 0.6 is 11.8 Å². The Hall–Kier alpha value is -0.470. The number of benzene rings is 1. The van der Waals surface area contributed by atoms with Gasteiger partial charge in [0.1, 0.15) is 0 Å². The van der Waals surface area contributed by atoms with Crippen LogP contribution in [0.2, 0.25) is 0 Å². The van der Waals surface area contributed by atoms with Crippen molar-refractivity contribution < 1.29 is 0 Å². The summed E-state index contributed by atoms with van der Waals surface area (Å²) in [6, 6.07) is 7.29. The zero-order valence-corrected chi connectivity index (χ0v) is 11.8. The molecule has 2 heteroatoms. The Labute approximate surface area is 104 Å². The predicted molar refractivity (Wildman–Crippen MR) is 74.4 cm³/mol. The van der Waals surface area contributed by atoms with Crippen molar-refractivity contribution in [1.29, 1.82) is 0 Å². The monoisotopic (exact) mass is 237 g/mol. The molecule has 1 rings (SSSR count). The Morgan fingerprint density at radius 1 is 1.12 bits per heavy atom. The topological polar surface area (TPSA) is 12.0 Å². The summed E-state index contributed by atoms with van der Waals surface area (Å²) in [6.45, 7) is 12.1. The van der Waals surface area contributed by atoms with Gasteiger partial charge in [-0.15, -0.1) is 11.8 Å². The standard InChI is InChI=1S/C14H23NS/c1-10(2)15-9-13(5)16-14-7-6-11(3)12(4)8-14/h6-8,10,13,15H,9H2,1-5H3. The minimum absolute atomic E-state index is 0.572. The summed E-state index contributed by atoms with van der Waals surface area (Å²) in [4.78, 5) is 1.38. The van der Waals surface area contributed by atoms with Crippen molar-refractivity contribution in [3.63, 3.8) is 0 Å². The number of aryl methyl sites for hydroxylation is 2. The second kappa shape index (κ2) is 6.31. The quantitative estimate of drug-likeness (QED) is 0.782. The van der Waals surface area contributed by atoms with Gasteiger partial charge in [-0.2, -0.15) is 0 Å². The highest BCUT2D eigenvalue weighted by molar-refractivity contribution is 8.00. The van der Waals surface area contributed by atoms with E-state index in [4.69, 9.17) is 0 Å². The van der Waals surface area contributed by atoms with Gasteiger partial charge in [-0.05, 0) is 37.1 Å². The lowest BCUT2D eigenvalue weighted by Gasteiger charge is -2.15. The number of hydrogen-bond acceptors (Lipinski definition) is 2. The molecule has 1 unspecified atom stereocenters. The van der Waals surface area contributed by atoms with E-state index in [1.54, 1.807) is 0 Å². The van der Waals surface area contributed by atoms with Crippen LogP contribution < -0.4 is 5.32 Å². The van der Waals surface area contributed by atoms with Gasteiger partial charge >= 0.3 is 0 Å². The van der Waals surface area contributed by atoms with Gasteiger partial charge < -0.3 is 5.32 Å². The Kier molecular flexibility index (Phi) is 5.36. The summed E-state index contributed by atoms with van der Waals surface area (Å²) in [7, 11) is 0. The number of hydrogen-bond donors (Lipinski definition) is 1. The van der Waals surface area contributed by atoms with E-state index in [-0.39, 0.29) is 0 Å². The highest BCUT2D eigenvalue weighted by atomic mass is 32.2. The van der Waals surface area contributed by atoms with E-state index in [1.807, 2.05) is 11.8 Å². The Morgan fingerprint density at radius 2 is 1.81 bits per heavy atom. The van der Waals surface area contributed by atoms with Crippen LogP contribution in [0.25, 0.3) is 0 Å². The summed E-state index contributed by atoms with van der Waals surface area (Å²) >= 11 is 1.95. The highest BCUT2D eigenvalue weighted by Gasteiger charge is 2.05. The number of rotatable bonds is 5. The third-order valence-corrected chi connectivity index (χ3v) is 3.72. The van der Waals surface area contributed by atoms with Gasteiger partial charge in [0.05, 0.1) is 0 Å². The van der Waals surface area contributed by atoms with E-state index >= 15 is 0 Å². The van der Waals surface area contributed by atoms with Crippen molar-refractivity contribution in [2.75, 3.05) is 6.54 Å². The molecular weight excluding hydrogens is 214 g/mol. The molecule has 0 aliphatic heterocycles. The van der Waals surface area contributed by atoms with Crippen molar-refractivity contribution in [2.24, 2.45) is 0 Å². The van der Waals surface area contributed by atoms with Crippen LogP contribution in [0.3, 0.4) is 0 Å². The van der Waals surface area contributed by atoms with Crippen LogP contribution in [0, 0.1) is 13.8 Å². The smallest absolute Gasteiger partial charge is 0.0191 e. The molecule has 0 saturated heterocycles. The molecule has 0 aliphatic rings. The number of thioether (sulfide) groups is 1. The molecule has 0 aliphatic carbocycles. The van der Waals surface area contributed by atoms with Crippen LogP contribution in [-0.4, -0.2) is 17.8 Å². The van der Waals surface area contributed by atoms with E-state index < -0.39 is 0 Å². The van der Waals surface area contributed by atoms with Crippen LogP contribution in [0.1, 0.15) is 31.9 Å². The fourth-order valence-electron chi connectivity index (χ4n) is 1.46. The van der Waals surface area contributed by atoms with Crippen LogP contribution in [0.4, 0.5) is 0 Å². The average Bonchev–Trinajstić information content (AvgIpc) is 2.21. The molecule has 16 heavy (non-hydrogen) atoms. The molecule has 1 aromatic rings. The molecule has 1 atom stereocenters.